The first-order valence-corrected chi connectivity index (χ1v) is 10.8. The van der Waals surface area contributed by atoms with Crippen molar-refractivity contribution in [2.75, 3.05) is 31.1 Å². The van der Waals surface area contributed by atoms with Gasteiger partial charge in [-0.25, -0.2) is 0 Å². The molecule has 3 amide bonds. The molecule has 1 aromatic rings. The van der Waals surface area contributed by atoms with Crippen molar-refractivity contribution in [3.05, 3.63) is 41.6 Å². The van der Waals surface area contributed by atoms with E-state index in [1.54, 1.807) is 34.1 Å². The van der Waals surface area contributed by atoms with E-state index in [9.17, 15) is 19.2 Å². The maximum Gasteiger partial charge on any atom is 0.325 e. The largest absolute Gasteiger partial charge is 0.454 e. The first kappa shape index (κ1) is 22.5. The average molecular weight is 428 g/mol. The highest BCUT2D eigenvalue weighted by Gasteiger charge is 2.22. The third kappa shape index (κ3) is 5.93. The average Bonchev–Trinajstić information content (AvgIpc) is 3.46. The number of benzene rings is 1. The molecule has 0 saturated carbocycles. The molecule has 0 spiro atoms. The van der Waals surface area contributed by atoms with Gasteiger partial charge >= 0.3 is 5.97 Å². The molecule has 0 bridgehead atoms. The Hall–Kier alpha value is -3.16. The van der Waals surface area contributed by atoms with Crippen molar-refractivity contribution in [3.8, 4) is 0 Å². The minimum atomic E-state index is -0.669. The molecular weight excluding hydrogens is 398 g/mol. The Morgan fingerprint density at radius 2 is 1.90 bits per heavy atom. The first-order valence-electron chi connectivity index (χ1n) is 10.8. The van der Waals surface area contributed by atoms with Gasteiger partial charge in [0, 0.05) is 36.5 Å². The maximum atomic E-state index is 12.4. The van der Waals surface area contributed by atoms with Gasteiger partial charge in [-0.05, 0) is 56.4 Å². The van der Waals surface area contributed by atoms with Gasteiger partial charge < -0.3 is 19.9 Å². The quantitative estimate of drug-likeness (QED) is 0.611. The number of anilines is 1. The summed E-state index contributed by atoms with van der Waals surface area (Å²) in [6, 6.07) is 6.66. The van der Waals surface area contributed by atoms with Crippen LogP contribution in [-0.2, 0) is 19.1 Å². The lowest BCUT2D eigenvalue weighted by Crippen LogP contribution is -2.36. The minimum Gasteiger partial charge on any atom is -0.454 e. The summed E-state index contributed by atoms with van der Waals surface area (Å²) < 4.78 is 5.06. The number of ether oxygens (including phenoxy) is 1. The maximum absolute atomic E-state index is 12.4. The summed E-state index contributed by atoms with van der Waals surface area (Å²) in [6.45, 7) is 2.60. The molecule has 0 radical (unpaired) electrons. The van der Waals surface area contributed by atoms with Crippen LogP contribution in [0.15, 0.2) is 36.0 Å². The zero-order valence-corrected chi connectivity index (χ0v) is 17.9. The number of hydrogen-bond donors (Lipinski definition) is 1. The second-order valence-electron chi connectivity index (χ2n) is 7.67. The highest BCUT2D eigenvalue weighted by atomic mass is 16.5. The third-order valence-corrected chi connectivity index (χ3v) is 5.38. The zero-order valence-electron chi connectivity index (χ0n) is 17.9. The molecule has 1 fully saturated rings. The molecule has 3 rings (SSSR count). The van der Waals surface area contributed by atoms with E-state index in [2.05, 4.69) is 11.4 Å². The van der Waals surface area contributed by atoms with Crippen molar-refractivity contribution >= 4 is 29.4 Å². The molecule has 1 aromatic carbocycles. The fourth-order valence-electron chi connectivity index (χ4n) is 3.79. The van der Waals surface area contributed by atoms with E-state index >= 15 is 0 Å². The van der Waals surface area contributed by atoms with Gasteiger partial charge in [-0.1, -0.05) is 13.0 Å². The van der Waals surface area contributed by atoms with Gasteiger partial charge in [0.1, 0.15) is 6.54 Å². The van der Waals surface area contributed by atoms with Crippen LogP contribution in [0, 0.1) is 0 Å². The summed E-state index contributed by atoms with van der Waals surface area (Å²) >= 11 is 0. The first-order chi connectivity index (χ1) is 15.0. The molecule has 166 valence electrons. The number of allylic oxidation sites excluding steroid dienone is 2. The molecule has 0 aromatic heterocycles. The van der Waals surface area contributed by atoms with Crippen LogP contribution in [0.1, 0.15) is 55.8 Å². The van der Waals surface area contributed by atoms with Gasteiger partial charge in [0.05, 0.1) is 0 Å². The monoisotopic (exact) mass is 427 g/mol. The number of amides is 3. The summed E-state index contributed by atoms with van der Waals surface area (Å²) in [5.74, 6) is -1.26. The SMILES string of the molecule is CCCN(C(=O)COC(=O)CNC(=O)c1ccc(N2CCCC2=O)cc1)C1=CCCC1. The second-order valence-corrected chi connectivity index (χ2v) is 7.67. The van der Waals surface area contributed by atoms with Crippen LogP contribution in [0.25, 0.3) is 0 Å². The van der Waals surface area contributed by atoms with Gasteiger partial charge in [0.2, 0.25) is 5.91 Å². The Morgan fingerprint density at radius 1 is 1.13 bits per heavy atom. The molecule has 8 heteroatoms. The van der Waals surface area contributed by atoms with Crippen LogP contribution in [0.3, 0.4) is 0 Å². The number of esters is 1. The fourth-order valence-corrected chi connectivity index (χ4v) is 3.79. The Labute approximate surface area is 182 Å². The summed E-state index contributed by atoms with van der Waals surface area (Å²) in [4.78, 5) is 51.9. The molecule has 1 aliphatic heterocycles. The van der Waals surface area contributed by atoms with E-state index in [-0.39, 0.29) is 25.0 Å². The van der Waals surface area contributed by atoms with Gasteiger partial charge in [0.15, 0.2) is 6.61 Å². The highest BCUT2D eigenvalue weighted by Crippen LogP contribution is 2.22. The van der Waals surface area contributed by atoms with Crippen LogP contribution in [-0.4, -0.2) is 54.8 Å². The summed E-state index contributed by atoms with van der Waals surface area (Å²) in [6.07, 6.45) is 7.10. The zero-order chi connectivity index (χ0) is 22.2. The van der Waals surface area contributed by atoms with Crippen molar-refractivity contribution in [3.63, 3.8) is 0 Å². The van der Waals surface area contributed by atoms with Crippen molar-refractivity contribution < 1.29 is 23.9 Å². The van der Waals surface area contributed by atoms with Crippen LogP contribution in [0.5, 0.6) is 0 Å². The normalized spacial score (nSPS) is 15.6. The topological polar surface area (TPSA) is 96.0 Å². The number of hydrogen-bond acceptors (Lipinski definition) is 5. The van der Waals surface area contributed by atoms with Crippen molar-refractivity contribution in [1.82, 2.24) is 10.2 Å². The smallest absolute Gasteiger partial charge is 0.325 e. The second kappa shape index (κ2) is 10.7. The van der Waals surface area contributed by atoms with Crippen molar-refractivity contribution in [2.45, 2.75) is 45.4 Å². The van der Waals surface area contributed by atoms with E-state index in [0.717, 1.165) is 43.5 Å². The number of carbonyl (C=O) groups excluding carboxylic acids is 4. The summed E-state index contributed by atoms with van der Waals surface area (Å²) in [5.41, 5.74) is 2.13. The van der Waals surface area contributed by atoms with E-state index in [4.69, 9.17) is 4.74 Å². The van der Waals surface area contributed by atoms with Crippen LogP contribution >= 0.6 is 0 Å². The molecule has 0 unspecified atom stereocenters. The van der Waals surface area contributed by atoms with Crippen LogP contribution in [0.4, 0.5) is 5.69 Å². The number of nitrogens with one attached hydrogen (secondary N) is 1. The molecule has 8 nitrogen and oxygen atoms in total. The summed E-state index contributed by atoms with van der Waals surface area (Å²) in [7, 11) is 0. The molecule has 1 aliphatic carbocycles. The Kier molecular flexibility index (Phi) is 7.81. The minimum absolute atomic E-state index is 0.0798. The molecule has 1 N–H and O–H groups in total. The fraction of sp³-hybridized carbons (Fsp3) is 0.478. The Bertz CT molecular complexity index is 862. The van der Waals surface area contributed by atoms with Gasteiger partial charge in [-0.2, -0.15) is 0 Å². The molecule has 1 heterocycles. The lowest BCUT2D eigenvalue weighted by atomic mass is 10.2. The van der Waals surface area contributed by atoms with Crippen molar-refractivity contribution in [1.29, 1.82) is 0 Å². The Morgan fingerprint density at radius 3 is 2.52 bits per heavy atom. The molecular formula is C23H29N3O5. The van der Waals surface area contributed by atoms with Crippen LogP contribution < -0.4 is 10.2 Å². The lowest BCUT2D eigenvalue weighted by molar-refractivity contribution is -0.150. The molecule has 0 atom stereocenters. The van der Waals surface area contributed by atoms with Gasteiger partial charge in [-0.15, -0.1) is 0 Å². The molecule has 31 heavy (non-hydrogen) atoms. The van der Waals surface area contributed by atoms with Gasteiger partial charge in [0.25, 0.3) is 11.8 Å². The number of rotatable bonds is 9. The lowest BCUT2D eigenvalue weighted by Gasteiger charge is -2.23. The molecule has 2 aliphatic rings. The van der Waals surface area contributed by atoms with E-state index < -0.39 is 11.9 Å². The standard InChI is InChI=1S/C23H29N3O5/c1-2-13-25(18-6-3-4-7-18)21(28)16-31-22(29)15-24-23(30)17-9-11-19(12-10-17)26-14-5-8-20(26)27/h6,9-12H,2-5,7-8,13-16H2,1H3,(H,24,30). The molecule has 1 saturated heterocycles. The number of nitrogens with zero attached hydrogens (tertiary/aromatic N) is 2. The summed E-state index contributed by atoms with van der Waals surface area (Å²) in [5, 5.41) is 2.50. The van der Waals surface area contributed by atoms with E-state index in [1.807, 2.05) is 6.92 Å². The third-order valence-electron chi connectivity index (χ3n) is 5.38. The highest BCUT2D eigenvalue weighted by molar-refractivity contribution is 5.98. The van der Waals surface area contributed by atoms with E-state index in [0.29, 0.717) is 25.1 Å². The van der Waals surface area contributed by atoms with Gasteiger partial charge in [-0.3, -0.25) is 19.2 Å². The predicted molar refractivity (Wildman–Crippen MR) is 115 cm³/mol. The number of carbonyl (C=O) groups is 4. The van der Waals surface area contributed by atoms with Crippen LogP contribution in [0.2, 0.25) is 0 Å². The van der Waals surface area contributed by atoms with E-state index in [1.165, 1.54) is 0 Å². The predicted octanol–water partition coefficient (Wildman–Crippen LogP) is 2.39. The van der Waals surface area contributed by atoms with Crippen molar-refractivity contribution in [2.24, 2.45) is 0 Å². The Balaban J connectivity index is 1.44.